The second-order valence-corrected chi connectivity index (χ2v) is 5.69. The molecule has 1 saturated carbocycles. The maximum absolute atomic E-state index is 6.05. The molecule has 2 heteroatoms. The summed E-state index contributed by atoms with van der Waals surface area (Å²) in [6.45, 7) is 6.07. The summed E-state index contributed by atoms with van der Waals surface area (Å²) in [5.41, 5.74) is 6.49. The summed E-state index contributed by atoms with van der Waals surface area (Å²) in [5, 5.41) is 0. The summed E-state index contributed by atoms with van der Waals surface area (Å²) in [7, 11) is 0. The largest absolute Gasteiger partial charge is 0.328 e. The molecule has 0 bridgehead atoms. The number of nitrogens with two attached hydrogens (primary N) is 1. The molecule has 2 nitrogen and oxygen atoms in total. The van der Waals surface area contributed by atoms with E-state index in [0.717, 1.165) is 6.04 Å². The third-order valence-corrected chi connectivity index (χ3v) is 4.09. The van der Waals surface area contributed by atoms with E-state index in [2.05, 4.69) is 18.7 Å². The fourth-order valence-corrected chi connectivity index (χ4v) is 3.29. The Kier molecular flexibility index (Phi) is 2.85. The van der Waals surface area contributed by atoms with Crippen LogP contribution in [0.4, 0.5) is 0 Å². The quantitative estimate of drug-likeness (QED) is 0.696. The van der Waals surface area contributed by atoms with Crippen LogP contribution >= 0.6 is 0 Å². The minimum absolute atomic E-state index is 0.432. The molecule has 82 valence electrons. The Hall–Kier alpha value is -0.0800. The van der Waals surface area contributed by atoms with Gasteiger partial charge in [0.2, 0.25) is 0 Å². The Bertz CT molecular complexity index is 200. The molecule has 2 fully saturated rings. The molecule has 0 aromatic carbocycles. The van der Waals surface area contributed by atoms with E-state index >= 15 is 0 Å². The van der Waals surface area contributed by atoms with Crippen LogP contribution in [-0.2, 0) is 0 Å². The van der Waals surface area contributed by atoms with Crippen LogP contribution in [0, 0.1) is 0 Å². The first-order valence-corrected chi connectivity index (χ1v) is 6.12. The maximum atomic E-state index is 6.05. The molecule has 2 rings (SSSR count). The van der Waals surface area contributed by atoms with Crippen molar-refractivity contribution in [2.75, 3.05) is 6.54 Å². The van der Waals surface area contributed by atoms with Gasteiger partial charge >= 0.3 is 0 Å². The van der Waals surface area contributed by atoms with E-state index in [1.54, 1.807) is 0 Å². The topological polar surface area (TPSA) is 29.3 Å². The Balaban J connectivity index is 2.00. The first-order chi connectivity index (χ1) is 6.59. The van der Waals surface area contributed by atoms with Crippen LogP contribution in [0.5, 0.6) is 0 Å². The zero-order chi connectivity index (χ0) is 10.2. The SMILES string of the molecule is CC1(C)CCCN1C1CCCC(N)C1. The lowest BCUT2D eigenvalue weighted by Gasteiger charge is -2.41. The summed E-state index contributed by atoms with van der Waals surface area (Å²) in [4.78, 5) is 2.71. The van der Waals surface area contributed by atoms with Crippen LogP contribution in [-0.4, -0.2) is 29.1 Å². The molecule has 2 unspecified atom stereocenters. The smallest absolute Gasteiger partial charge is 0.0156 e. The van der Waals surface area contributed by atoms with E-state index in [1.165, 1.54) is 45.1 Å². The minimum atomic E-state index is 0.432. The number of hydrogen-bond donors (Lipinski definition) is 1. The first kappa shape index (κ1) is 10.4. The van der Waals surface area contributed by atoms with Gasteiger partial charge < -0.3 is 5.73 Å². The van der Waals surface area contributed by atoms with Crippen molar-refractivity contribution in [2.45, 2.75) is 70.0 Å². The Morgan fingerprint density at radius 3 is 2.57 bits per heavy atom. The number of hydrogen-bond acceptors (Lipinski definition) is 2. The molecule has 14 heavy (non-hydrogen) atoms. The molecule has 2 N–H and O–H groups in total. The van der Waals surface area contributed by atoms with E-state index < -0.39 is 0 Å². The van der Waals surface area contributed by atoms with Crippen molar-refractivity contribution in [2.24, 2.45) is 5.73 Å². The van der Waals surface area contributed by atoms with Crippen LogP contribution in [0.3, 0.4) is 0 Å². The second kappa shape index (κ2) is 3.82. The highest BCUT2D eigenvalue weighted by atomic mass is 15.2. The predicted molar refractivity (Wildman–Crippen MR) is 60.3 cm³/mol. The van der Waals surface area contributed by atoms with Crippen LogP contribution in [0.25, 0.3) is 0 Å². The molecular formula is C12H24N2. The third kappa shape index (κ3) is 1.96. The Labute approximate surface area is 87.8 Å². The van der Waals surface area contributed by atoms with Gasteiger partial charge in [0.15, 0.2) is 0 Å². The van der Waals surface area contributed by atoms with Crippen molar-refractivity contribution in [3.8, 4) is 0 Å². The molecule has 2 aliphatic rings. The monoisotopic (exact) mass is 196 g/mol. The molecule has 0 spiro atoms. The standard InChI is InChI=1S/C12H24N2/c1-12(2)7-4-8-14(12)11-6-3-5-10(13)9-11/h10-11H,3-9,13H2,1-2H3. The minimum Gasteiger partial charge on any atom is -0.328 e. The molecule has 0 aromatic heterocycles. The average molecular weight is 196 g/mol. The molecule has 0 aromatic rings. The number of likely N-dealkylation sites (tertiary alicyclic amines) is 1. The zero-order valence-electron chi connectivity index (χ0n) is 9.63. The molecule has 1 aliphatic heterocycles. The lowest BCUT2D eigenvalue weighted by molar-refractivity contribution is 0.0844. The van der Waals surface area contributed by atoms with Crippen LogP contribution in [0.1, 0.15) is 52.4 Å². The van der Waals surface area contributed by atoms with Crippen molar-refractivity contribution >= 4 is 0 Å². The molecule has 2 atom stereocenters. The van der Waals surface area contributed by atoms with E-state index in [4.69, 9.17) is 5.73 Å². The highest BCUT2D eigenvalue weighted by molar-refractivity contribution is 4.94. The van der Waals surface area contributed by atoms with Crippen molar-refractivity contribution in [1.29, 1.82) is 0 Å². The van der Waals surface area contributed by atoms with Gasteiger partial charge in [0, 0.05) is 17.6 Å². The van der Waals surface area contributed by atoms with Crippen molar-refractivity contribution in [1.82, 2.24) is 4.90 Å². The zero-order valence-corrected chi connectivity index (χ0v) is 9.63. The van der Waals surface area contributed by atoms with E-state index in [1.807, 2.05) is 0 Å². The van der Waals surface area contributed by atoms with Gasteiger partial charge in [0.1, 0.15) is 0 Å². The second-order valence-electron chi connectivity index (χ2n) is 5.69. The summed E-state index contributed by atoms with van der Waals surface area (Å²) in [6.07, 6.45) is 7.90. The molecule has 1 saturated heterocycles. The number of rotatable bonds is 1. The summed E-state index contributed by atoms with van der Waals surface area (Å²) in [5.74, 6) is 0. The van der Waals surface area contributed by atoms with Gasteiger partial charge in [-0.3, -0.25) is 4.90 Å². The predicted octanol–water partition coefficient (Wildman–Crippen LogP) is 2.13. The van der Waals surface area contributed by atoms with Crippen molar-refractivity contribution in [3.05, 3.63) is 0 Å². The molecule has 0 radical (unpaired) electrons. The van der Waals surface area contributed by atoms with Gasteiger partial charge in [0.05, 0.1) is 0 Å². The molecule has 0 amide bonds. The van der Waals surface area contributed by atoms with Crippen LogP contribution < -0.4 is 5.73 Å². The van der Waals surface area contributed by atoms with Crippen molar-refractivity contribution < 1.29 is 0 Å². The van der Waals surface area contributed by atoms with Gasteiger partial charge in [-0.1, -0.05) is 6.42 Å². The maximum Gasteiger partial charge on any atom is 0.0156 e. The van der Waals surface area contributed by atoms with Crippen LogP contribution in [0.2, 0.25) is 0 Å². The lowest BCUT2D eigenvalue weighted by Crippen LogP contribution is -2.49. The highest BCUT2D eigenvalue weighted by Gasteiger charge is 2.37. The van der Waals surface area contributed by atoms with Gasteiger partial charge in [0.25, 0.3) is 0 Å². The summed E-state index contributed by atoms with van der Waals surface area (Å²) < 4.78 is 0. The first-order valence-electron chi connectivity index (χ1n) is 6.12. The lowest BCUT2D eigenvalue weighted by atomic mass is 9.88. The normalized spacial score (nSPS) is 38.8. The Morgan fingerprint density at radius 1 is 1.21 bits per heavy atom. The Morgan fingerprint density at radius 2 is 2.00 bits per heavy atom. The fraction of sp³-hybridized carbons (Fsp3) is 1.00. The van der Waals surface area contributed by atoms with E-state index in [9.17, 15) is 0 Å². The van der Waals surface area contributed by atoms with Gasteiger partial charge in [-0.15, -0.1) is 0 Å². The average Bonchev–Trinajstić information content (AvgIpc) is 2.45. The number of nitrogens with zero attached hydrogens (tertiary/aromatic N) is 1. The van der Waals surface area contributed by atoms with Gasteiger partial charge in [-0.25, -0.2) is 0 Å². The highest BCUT2D eigenvalue weighted by Crippen LogP contribution is 2.34. The summed E-state index contributed by atoms with van der Waals surface area (Å²) >= 11 is 0. The van der Waals surface area contributed by atoms with Crippen LogP contribution in [0.15, 0.2) is 0 Å². The molecule has 1 aliphatic carbocycles. The van der Waals surface area contributed by atoms with Gasteiger partial charge in [-0.05, 0) is 52.5 Å². The fourth-order valence-electron chi connectivity index (χ4n) is 3.29. The third-order valence-electron chi connectivity index (χ3n) is 4.09. The van der Waals surface area contributed by atoms with E-state index in [0.29, 0.717) is 11.6 Å². The van der Waals surface area contributed by atoms with Gasteiger partial charge in [-0.2, -0.15) is 0 Å². The molecule has 1 heterocycles. The van der Waals surface area contributed by atoms with Crippen molar-refractivity contribution in [3.63, 3.8) is 0 Å². The molecular weight excluding hydrogens is 172 g/mol. The van der Waals surface area contributed by atoms with E-state index in [-0.39, 0.29) is 0 Å². The summed E-state index contributed by atoms with van der Waals surface area (Å²) in [6, 6.07) is 1.24.